The van der Waals surface area contributed by atoms with Gasteiger partial charge in [0.05, 0.1) is 5.60 Å². The number of para-hydroxylation sites is 1. The second-order valence-corrected chi connectivity index (χ2v) is 5.61. The summed E-state index contributed by atoms with van der Waals surface area (Å²) in [7, 11) is 1.91. The van der Waals surface area contributed by atoms with Crippen LogP contribution in [0.2, 0.25) is 0 Å². The number of nitrogens with one attached hydrogen (secondary N) is 1. The number of aliphatic hydroxyl groups is 1. The van der Waals surface area contributed by atoms with E-state index >= 15 is 0 Å². The van der Waals surface area contributed by atoms with Crippen LogP contribution in [0.1, 0.15) is 32.6 Å². The van der Waals surface area contributed by atoms with Gasteiger partial charge in [0.1, 0.15) is 0 Å². The number of rotatable bonds is 5. The van der Waals surface area contributed by atoms with Gasteiger partial charge in [0.25, 0.3) is 0 Å². The Bertz CT molecular complexity index is 372. The number of likely N-dealkylation sites (N-methyl/N-ethyl adjacent to an activating group) is 1. The Morgan fingerprint density at radius 3 is 2.42 bits per heavy atom. The van der Waals surface area contributed by atoms with Crippen molar-refractivity contribution >= 4 is 5.69 Å². The van der Waals surface area contributed by atoms with Crippen LogP contribution < -0.4 is 10.2 Å². The molecule has 0 radical (unpaired) electrons. The fourth-order valence-corrected chi connectivity index (χ4v) is 3.23. The van der Waals surface area contributed by atoms with E-state index in [9.17, 15) is 5.11 Å². The molecule has 0 aromatic heterocycles. The van der Waals surface area contributed by atoms with Crippen molar-refractivity contribution in [3.05, 3.63) is 30.3 Å². The van der Waals surface area contributed by atoms with Gasteiger partial charge in [-0.1, -0.05) is 18.2 Å². The molecular formula is C16H26N2O. The van der Waals surface area contributed by atoms with E-state index in [2.05, 4.69) is 47.5 Å². The molecule has 3 heteroatoms. The molecule has 0 bridgehead atoms. The summed E-state index contributed by atoms with van der Waals surface area (Å²) in [6.07, 6.45) is 3.92. The number of nitrogens with zero attached hydrogens (tertiary/aromatic N) is 1. The van der Waals surface area contributed by atoms with Crippen molar-refractivity contribution in [2.24, 2.45) is 0 Å². The van der Waals surface area contributed by atoms with Gasteiger partial charge in [0.2, 0.25) is 0 Å². The zero-order valence-electron chi connectivity index (χ0n) is 12.1. The zero-order valence-corrected chi connectivity index (χ0v) is 12.1. The molecule has 0 aliphatic heterocycles. The van der Waals surface area contributed by atoms with Gasteiger partial charge in [0, 0.05) is 24.8 Å². The van der Waals surface area contributed by atoms with Gasteiger partial charge in [-0.2, -0.15) is 0 Å². The average molecular weight is 262 g/mol. The lowest BCUT2D eigenvalue weighted by molar-refractivity contribution is 0.00168. The van der Waals surface area contributed by atoms with E-state index in [0.717, 1.165) is 32.2 Å². The van der Waals surface area contributed by atoms with E-state index in [-0.39, 0.29) is 0 Å². The molecule has 106 valence electrons. The summed E-state index contributed by atoms with van der Waals surface area (Å²) in [5.74, 6) is 0. The summed E-state index contributed by atoms with van der Waals surface area (Å²) in [5.41, 5.74) is 0.801. The highest BCUT2D eigenvalue weighted by atomic mass is 16.3. The van der Waals surface area contributed by atoms with Crippen molar-refractivity contribution in [1.82, 2.24) is 5.32 Å². The summed E-state index contributed by atoms with van der Waals surface area (Å²) in [6.45, 7) is 3.94. The summed E-state index contributed by atoms with van der Waals surface area (Å²) >= 11 is 0. The minimum Gasteiger partial charge on any atom is -0.389 e. The lowest BCUT2D eigenvalue weighted by atomic mass is 9.81. The quantitative estimate of drug-likeness (QED) is 0.855. The first kappa shape index (κ1) is 14.4. The van der Waals surface area contributed by atoms with Gasteiger partial charge in [-0.15, -0.1) is 0 Å². The minimum atomic E-state index is -0.499. The highest BCUT2D eigenvalue weighted by molar-refractivity contribution is 5.47. The Morgan fingerprint density at radius 1 is 1.26 bits per heavy atom. The molecular weight excluding hydrogens is 236 g/mol. The van der Waals surface area contributed by atoms with Gasteiger partial charge in [-0.05, 0) is 51.8 Å². The average Bonchev–Trinajstić information content (AvgIpc) is 2.43. The van der Waals surface area contributed by atoms with Crippen LogP contribution in [0.25, 0.3) is 0 Å². The molecule has 0 atom stereocenters. The monoisotopic (exact) mass is 262 g/mol. The molecule has 0 amide bonds. The maximum atomic E-state index is 10.4. The van der Waals surface area contributed by atoms with Crippen LogP contribution in [0, 0.1) is 0 Å². The molecule has 1 saturated carbocycles. The molecule has 2 N–H and O–H groups in total. The molecule has 1 aliphatic carbocycles. The van der Waals surface area contributed by atoms with Crippen molar-refractivity contribution in [2.45, 2.75) is 44.2 Å². The lowest BCUT2D eigenvalue weighted by Crippen LogP contribution is -2.47. The third-order valence-corrected chi connectivity index (χ3v) is 4.26. The SMILES string of the molecule is CCN(c1ccccc1)C1CCC(O)(CNC)CC1. The number of hydrogen-bond donors (Lipinski definition) is 2. The van der Waals surface area contributed by atoms with Crippen LogP contribution in [-0.4, -0.2) is 36.9 Å². The molecule has 0 heterocycles. The third-order valence-electron chi connectivity index (χ3n) is 4.26. The van der Waals surface area contributed by atoms with Crippen LogP contribution in [-0.2, 0) is 0 Å². The number of benzene rings is 1. The summed E-state index contributed by atoms with van der Waals surface area (Å²) < 4.78 is 0. The third kappa shape index (κ3) is 3.48. The first-order chi connectivity index (χ1) is 9.18. The number of anilines is 1. The van der Waals surface area contributed by atoms with E-state index in [1.807, 2.05) is 7.05 Å². The first-order valence-corrected chi connectivity index (χ1v) is 7.37. The predicted octanol–water partition coefficient (Wildman–Crippen LogP) is 2.41. The molecule has 1 aromatic carbocycles. The minimum absolute atomic E-state index is 0.499. The molecule has 2 rings (SSSR count). The topological polar surface area (TPSA) is 35.5 Å². The van der Waals surface area contributed by atoms with Crippen LogP contribution >= 0.6 is 0 Å². The molecule has 0 spiro atoms. The number of hydrogen-bond acceptors (Lipinski definition) is 3. The van der Waals surface area contributed by atoms with Crippen molar-refractivity contribution in [3.8, 4) is 0 Å². The fraction of sp³-hybridized carbons (Fsp3) is 0.625. The molecule has 0 saturated heterocycles. The Morgan fingerprint density at radius 2 is 1.89 bits per heavy atom. The van der Waals surface area contributed by atoms with Gasteiger partial charge in [0.15, 0.2) is 0 Å². The summed E-state index contributed by atoms with van der Waals surface area (Å²) in [6, 6.07) is 11.2. The highest BCUT2D eigenvalue weighted by Gasteiger charge is 2.34. The van der Waals surface area contributed by atoms with Crippen LogP contribution in [0.5, 0.6) is 0 Å². The van der Waals surface area contributed by atoms with E-state index in [4.69, 9.17) is 0 Å². The second kappa shape index (κ2) is 6.40. The van der Waals surface area contributed by atoms with Crippen LogP contribution in [0.3, 0.4) is 0 Å². The van der Waals surface area contributed by atoms with Crippen LogP contribution in [0.15, 0.2) is 30.3 Å². The predicted molar refractivity (Wildman–Crippen MR) is 80.6 cm³/mol. The van der Waals surface area contributed by atoms with Gasteiger partial charge < -0.3 is 15.3 Å². The van der Waals surface area contributed by atoms with Crippen molar-refractivity contribution < 1.29 is 5.11 Å². The largest absolute Gasteiger partial charge is 0.389 e. The Hall–Kier alpha value is -1.06. The van der Waals surface area contributed by atoms with Gasteiger partial charge in [-0.3, -0.25) is 0 Å². The Balaban J connectivity index is 2.00. The molecule has 0 unspecified atom stereocenters. The van der Waals surface area contributed by atoms with Crippen molar-refractivity contribution in [3.63, 3.8) is 0 Å². The smallest absolute Gasteiger partial charge is 0.0773 e. The molecule has 3 nitrogen and oxygen atoms in total. The van der Waals surface area contributed by atoms with Gasteiger partial charge >= 0.3 is 0 Å². The molecule has 19 heavy (non-hydrogen) atoms. The Kier molecular flexibility index (Phi) is 4.83. The summed E-state index contributed by atoms with van der Waals surface area (Å²) in [5, 5.41) is 13.5. The summed E-state index contributed by atoms with van der Waals surface area (Å²) in [4.78, 5) is 2.47. The normalized spacial score (nSPS) is 27.2. The lowest BCUT2D eigenvalue weighted by Gasteiger charge is -2.41. The van der Waals surface area contributed by atoms with E-state index in [1.165, 1.54) is 5.69 Å². The standard InChI is InChI=1S/C16H26N2O/c1-3-18(14-7-5-4-6-8-14)15-9-11-16(19,12-10-15)13-17-2/h4-8,15,17,19H,3,9-13H2,1-2H3. The second-order valence-electron chi connectivity index (χ2n) is 5.61. The van der Waals surface area contributed by atoms with Gasteiger partial charge in [-0.25, -0.2) is 0 Å². The zero-order chi connectivity index (χ0) is 13.7. The van der Waals surface area contributed by atoms with E-state index < -0.39 is 5.60 Å². The van der Waals surface area contributed by atoms with Crippen LogP contribution in [0.4, 0.5) is 5.69 Å². The molecule has 1 fully saturated rings. The molecule has 1 aromatic rings. The highest BCUT2D eigenvalue weighted by Crippen LogP contribution is 2.32. The first-order valence-electron chi connectivity index (χ1n) is 7.37. The fourth-order valence-electron chi connectivity index (χ4n) is 3.23. The van der Waals surface area contributed by atoms with Crippen molar-refractivity contribution in [2.75, 3.05) is 25.0 Å². The maximum Gasteiger partial charge on any atom is 0.0773 e. The van der Waals surface area contributed by atoms with E-state index in [0.29, 0.717) is 12.6 Å². The Labute approximate surface area is 116 Å². The molecule has 1 aliphatic rings. The van der Waals surface area contributed by atoms with Crippen molar-refractivity contribution in [1.29, 1.82) is 0 Å². The van der Waals surface area contributed by atoms with E-state index in [1.54, 1.807) is 0 Å². The maximum absolute atomic E-state index is 10.4.